The predicted octanol–water partition coefficient (Wildman–Crippen LogP) is 4.74. The van der Waals surface area contributed by atoms with Gasteiger partial charge in [-0.15, -0.1) is 0 Å². The third-order valence-corrected chi connectivity index (χ3v) is 5.68. The first-order valence-electron chi connectivity index (χ1n) is 10.5. The Morgan fingerprint density at radius 3 is 1.86 bits per heavy atom. The number of nitrogens with zero attached hydrogens (tertiary/aromatic N) is 2. The van der Waals surface area contributed by atoms with Gasteiger partial charge in [-0.25, -0.2) is 0 Å². The Balaban J connectivity index is 1.23. The molecule has 0 aromatic heterocycles. The number of carbonyl (C=O) groups excluding carboxylic acids is 1. The van der Waals surface area contributed by atoms with Gasteiger partial charge in [0.05, 0.1) is 0 Å². The molecule has 0 aliphatic carbocycles. The molecule has 3 aromatic rings. The van der Waals surface area contributed by atoms with Gasteiger partial charge in [-0.2, -0.15) is 0 Å². The summed E-state index contributed by atoms with van der Waals surface area (Å²) in [5.74, 6) is 0.233. The number of Topliss-reactive ketones (excluding diaryl/α,β-unsaturated/α-hetero) is 1. The van der Waals surface area contributed by atoms with Gasteiger partial charge in [0.25, 0.3) is 0 Å². The van der Waals surface area contributed by atoms with Gasteiger partial charge >= 0.3 is 0 Å². The fourth-order valence-corrected chi connectivity index (χ4v) is 3.90. The Hall–Kier alpha value is -2.75. The van der Waals surface area contributed by atoms with Crippen LogP contribution in [0.25, 0.3) is 11.1 Å². The molecule has 0 N–H and O–H groups in total. The highest BCUT2D eigenvalue weighted by Crippen LogP contribution is 2.20. The number of piperazine rings is 1. The van der Waals surface area contributed by atoms with E-state index in [1.54, 1.807) is 0 Å². The Morgan fingerprint density at radius 2 is 1.21 bits per heavy atom. The number of hydrogen-bond acceptors (Lipinski definition) is 3. The third kappa shape index (κ3) is 5.41. The zero-order chi connectivity index (χ0) is 19.9. The fraction of sp³-hybridized carbons (Fsp3) is 0.269. The van der Waals surface area contributed by atoms with Gasteiger partial charge in [0.2, 0.25) is 0 Å². The van der Waals surface area contributed by atoms with E-state index in [2.05, 4.69) is 52.3 Å². The van der Waals surface area contributed by atoms with Crippen molar-refractivity contribution in [1.29, 1.82) is 0 Å². The number of hydrogen-bond donors (Lipinski definition) is 0. The van der Waals surface area contributed by atoms with Crippen molar-refractivity contribution < 1.29 is 4.79 Å². The molecule has 0 unspecified atom stereocenters. The summed E-state index contributed by atoms with van der Waals surface area (Å²) in [5.41, 5.74) is 4.51. The lowest BCUT2D eigenvalue weighted by atomic mass is 10.0. The van der Waals surface area contributed by atoms with E-state index in [1.807, 2.05) is 42.5 Å². The minimum absolute atomic E-state index is 0.233. The topological polar surface area (TPSA) is 23.6 Å². The molecular weight excluding hydrogens is 356 g/mol. The van der Waals surface area contributed by atoms with E-state index in [4.69, 9.17) is 0 Å². The largest absolute Gasteiger partial charge is 0.300 e. The molecule has 1 aliphatic rings. The van der Waals surface area contributed by atoms with E-state index in [9.17, 15) is 4.79 Å². The maximum absolute atomic E-state index is 12.6. The third-order valence-electron chi connectivity index (χ3n) is 5.68. The van der Waals surface area contributed by atoms with Crippen molar-refractivity contribution in [2.45, 2.75) is 13.0 Å². The molecule has 3 nitrogen and oxygen atoms in total. The predicted molar refractivity (Wildman–Crippen MR) is 119 cm³/mol. The molecule has 0 atom stereocenters. The quantitative estimate of drug-likeness (QED) is 0.550. The number of ketones is 1. The minimum atomic E-state index is 0.233. The van der Waals surface area contributed by atoms with Crippen LogP contribution in [0.2, 0.25) is 0 Å². The van der Waals surface area contributed by atoms with Crippen LogP contribution in [0.15, 0.2) is 84.9 Å². The van der Waals surface area contributed by atoms with Gasteiger partial charge in [0.1, 0.15) is 0 Å². The van der Waals surface area contributed by atoms with Crippen molar-refractivity contribution in [3.63, 3.8) is 0 Å². The van der Waals surface area contributed by atoms with Crippen LogP contribution in [-0.2, 0) is 6.54 Å². The molecule has 4 rings (SSSR count). The van der Waals surface area contributed by atoms with Crippen LogP contribution in [0.5, 0.6) is 0 Å². The standard InChI is InChI=1S/C26H28N2O/c29-26(25-13-11-24(12-14-25)23-9-5-2-6-10-23)15-16-27-17-19-28(20-18-27)21-22-7-3-1-4-8-22/h1-14H,15-21H2. The molecule has 0 spiro atoms. The van der Waals surface area contributed by atoms with Gasteiger partial charge in [-0.1, -0.05) is 84.9 Å². The van der Waals surface area contributed by atoms with Gasteiger partial charge < -0.3 is 4.90 Å². The highest BCUT2D eigenvalue weighted by Gasteiger charge is 2.18. The number of carbonyl (C=O) groups is 1. The lowest BCUT2D eigenvalue weighted by Gasteiger charge is -2.34. The number of rotatable bonds is 7. The summed E-state index contributed by atoms with van der Waals surface area (Å²) in [7, 11) is 0. The van der Waals surface area contributed by atoms with Crippen LogP contribution in [0.1, 0.15) is 22.3 Å². The maximum Gasteiger partial charge on any atom is 0.164 e. The van der Waals surface area contributed by atoms with Crippen LogP contribution in [0, 0.1) is 0 Å². The molecule has 0 saturated carbocycles. The summed E-state index contributed by atoms with van der Waals surface area (Å²) in [5, 5.41) is 0. The molecule has 1 heterocycles. The van der Waals surface area contributed by atoms with Crippen LogP contribution < -0.4 is 0 Å². The summed E-state index contributed by atoms with van der Waals surface area (Å²) in [6, 6.07) is 28.9. The molecule has 0 amide bonds. The molecule has 0 bridgehead atoms. The Morgan fingerprint density at radius 1 is 0.655 bits per heavy atom. The van der Waals surface area contributed by atoms with Gasteiger partial charge in [-0.05, 0) is 16.7 Å². The normalized spacial score (nSPS) is 15.3. The van der Waals surface area contributed by atoms with E-state index in [0.29, 0.717) is 6.42 Å². The molecule has 148 valence electrons. The minimum Gasteiger partial charge on any atom is -0.300 e. The maximum atomic E-state index is 12.6. The average Bonchev–Trinajstić information content (AvgIpc) is 2.80. The highest BCUT2D eigenvalue weighted by atomic mass is 16.1. The van der Waals surface area contributed by atoms with Crippen molar-refractivity contribution >= 4 is 5.78 Å². The molecular formula is C26H28N2O. The van der Waals surface area contributed by atoms with E-state index >= 15 is 0 Å². The SMILES string of the molecule is O=C(CCN1CCN(Cc2ccccc2)CC1)c1ccc(-c2ccccc2)cc1. The summed E-state index contributed by atoms with van der Waals surface area (Å²) in [6.07, 6.45) is 0.587. The fourth-order valence-electron chi connectivity index (χ4n) is 3.90. The Labute approximate surface area is 173 Å². The Bertz CT molecular complexity index is 898. The average molecular weight is 385 g/mol. The summed E-state index contributed by atoms with van der Waals surface area (Å²) >= 11 is 0. The number of benzene rings is 3. The molecule has 1 aliphatic heterocycles. The van der Waals surface area contributed by atoms with Crippen molar-refractivity contribution in [1.82, 2.24) is 9.80 Å². The van der Waals surface area contributed by atoms with Crippen molar-refractivity contribution in [2.24, 2.45) is 0 Å². The zero-order valence-electron chi connectivity index (χ0n) is 16.8. The van der Waals surface area contributed by atoms with Crippen LogP contribution in [0.4, 0.5) is 0 Å². The second-order valence-electron chi connectivity index (χ2n) is 7.72. The van der Waals surface area contributed by atoms with Gasteiger partial charge in [0.15, 0.2) is 5.78 Å². The summed E-state index contributed by atoms with van der Waals surface area (Å²) in [4.78, 5) is 17.5. The first-order chi connectivity index (χ1) is 14.3. The van der Waals surface area contributed by atoms with E-state index in [-0.39, 0.29) is 5.78 Å². The molecule has 3 aromatic carbocycles. The van der Waals surface area contributed by atoms with Crippen LogP contribution >= 0.6 is 0 Å². The lowest BCUT2D eigenvalue weighted by Crippen LogP contribution is -2.46. The van der Waals surface area contributed by atoms with Crippen LogP contribution in [-0.4, -0.2) is 48.3 Å². The lowest BCUT2D eigenvalue weighted by molar-refractivity contribution is 0.0922. The molecule has 1 saturated heterocycles. The van der Waals surface area contributed by atoms with Gasteiger partial charge in [-0.3, -0.25) is 9.69 Å². The van der Waals surface area contributed by atoms with Crippen molar-refractivity contribution in [2.75, 3.05) is 32.7 Å². The van der Waals surface area contributed by atoms with Gasteiger partial charge in [0, 0.05) is 51.3 Å². The van der Waals surface area contributed by atoms with Crippen molar-refractivity contribution in [3.8, 4) is 11.1 Å². The molecule has 3 heteroatoms. The first-order valence-corrected chi connectivity index (χ1v) is 10.5. The second kappa shape index (κ2) is 9.64. The highest BCUT2D eigenvalue weighted by molar-refractivity contribution is 5.96. The van der Waals surface area contributed by atoms with Crippen molar-refractivity contribution in [3.05, 3.63) is 96.1 Å². The van der Waals surface area contributed by atoms with Crippen LogP contribution in [0.3, 0.4) is 0 Å². The first kappa shape index (κ1) is 19.6. The van der Waals surface area contributed by atoms with E-state index in [0.717, 1.165) is 50.4 Å². The van der Waals surface area contributed by atoms with E-state index < -0.39 is 0 Å². The summed E-state index contributed by atoms with van der Waals surface area (Å²) in [6.45, 7) is 6.06. The monoisotopic (exact) mass is 384 g/mol. The molecule has 1 fully saturated rings. The second-order valence-corrected chi connectivity index (χ2v) is 7.72. The molecule has 29 heavy (non-hydrogen) atoms. The molecule has 0 radical (unpaired) electrons. The zero-order valence-corrected chi connectivity index (χ0v) is 16.8. The van der Waals surface area contributed by atoms with E-state index in [1.165, 1.54) is 11.1 Å². The summed E-state index contributed by atoms with van der Waals surface area (Å²) < 4.78 is 0. The smallest absolute Gasteiger partial charge is 0.164 e. The Kier molecular flexibility index (Phi) is 6.50.